The summed E-state index contributed by atoms with van der Waals surface area (Å²) in [6.45, 7) is 5.99. The van der Waals surface area contributed by atoms with Crippen LogP contribution in [-0.4, -0.2) is 38.6 Å². The molecule has 78 valence electrons. The van der Waals surface area contributed by atoms with E-state index in [2.05, 4.69) is 24.2 Å². The van der Waals surface area contributed by atoms with Gasteiger partial charge in [-0.15, -0.1) is 0 Å². The van der Waals surface area contributed by atoms with Gasteiger partial charge in [0.1, 0.15) is 0 Å². The van der Waals surface area contributed by atoms with Gasteiger partial charge in [0.15, 0.2) is 0 Å². The molecule has 0 atom stereocenters. The van der Waals surface area contributed by atoms with E-state index in [0.717, 1.165) is 6.54 Å². The fourth-order valence-electron chi connectivity index (χ4n) is 2.42. The fraction of sp³-hybridized carbons (Fsp3) is 1.00. The van der Waals surface area contributed by atoms with Gasteiger partial charge in [0.25, 0.3) is 0 Å². The highest BCUT2D eigenvalue weighted by molar-refractivity contribution is 4.82. The summed E-state index contributed by atoms with van der Waals surface area (Å²) >= 11 is 0. The second kappa shape index (κ2) is 4.97. The largest absolute Gasteiger partial charge is 0.318 e. The van der Waals surface area contributed by atoms with E-state index in [0.29, 0.717) is 5.41 Å². The molecule has 0 unspecified atom stereocenters. The topological polar surface area (TPSA) is 15.3 Å². The van der Waals surface area contributed by atoms with Crippen molar-refractivity contribution in [3.8, 4) is 0 Å². The number of rotatable bonds is 5. The quantitative estimate of drug-likeness (QED) is 0.700. The van der Waals surface area contributed by atoms with Crippen LogP contribution in [-0.2, 0) is 0 Å². The standard InChI is InChI=1S/C11H24N2/c1-11(6-4-5-7-11)10-13(3)9-8-12-2/h12H,4-10H2,1-3H3. The van der Waals surface area contributed by atoms with E-state index in [4.69, 9.17) is 0 Å². The molecule has 1 aliphatic carbocycles. The first-order chi connectivity index (χ1) is 6.16. The molecule has 1 fully saturated rings. The lowest BCUT2D eigenvalue weighted by molar-refractivity contribution is 0.198. The first-order valence-corrected chi connectivity index (χ1v) is 5.49. The second-order valence-electron chi connectivity index (χ2n) is 4.86. The Balaban J connectivity index is 2.21. The summed E-state index contributed by atoms with van der Waals surface area (Å²) in [5.41, 5.74) is 0.614. The SMILES string of the molecule is CNCCN(C)CC1(C)CCCC1. The van der Waals surface area contributed by atoms with Gasteiger partial charge >= 0.3 is 0 Å². The van der Waals surface area contributed by atoms with E-state index < -0.39 is 0 Å². The van der Waals surface area contributed by atoms with E-state index in [1.165, 1.54) is 38.8 Å². The van der Waals surface area contributed by atoms with Gasteiger partial charge < -0.3 is 10.2 Å². The summed E-state index contributed by atoms with van der Waals surface area (Å²) in [6.07, 6.45) is 5.74. The predicted octanol–water partition coefficient (Wildman–Crippen LogP) is 1.72. The van der Waals surface area contributed by atoms with Crippen LogP contribution in [0.3, 0.4) is 0 Å². The van der Waals surface area contributed by atoms with Gasteiger partial charge in [-0.25, -0.2) is 0 Å². The monoisotopic (exact) mass is 184 g/mol. The highest BCUT2D eigenvalue weighted by Gasteiger charge is 2.29. The van der Waals surface area contributed by atoms with E-state index in [-0.39, 0.29) is 0 Å². The summed E-state index contributed by atoms with van der Waals surface area (Å²) in [6, 6.07) is 0. The fourth-order valence-corrected chi connectivity index (χ4v) is 2.42. The molecule has 2 heteroatoms. The average molecular weight is 184 g/mol. The molecule has 0 amide bonds. The van der Waals surface area contributed by atoms with Gasteiger partial charge in [0, 0.05) is 19.6 Å². The number of hydrogen-bond donors (Lipinski definition) is 1. The van der Waals surface area contributed by atoms with Crippen molar-refractivity contribution in [1.29, 1.82) is 0 Å². The Morgan fingerprint density at radius 2 is 1.92 bits per heavy atom. The number of nitrogens with one attached hydrogen (secondary N) is 1. The molecular weight excluding hydrogens is 160 g/mol. The van der Waals surface area contributed by atoms with Gasteiger partial charge in [0.05, 0.1) is 0 Å². The van der Waals surface area contributed by atoms with Crippen LogP contribution >= 0.6 is 0 Å². The molecule has 2 nitrogen and oxygen atoms in total. The molecule has 1 aliphatic rings. The highest BCUT2D eigenvalue weighted by Crippen LogP contribution is 2.37. The summed E-state index contributed by atoms with van der Waals surface area (Å²) in [7, 11) is 4.26. The molecule has 1 saturated carbocycles. The Hall–Kier alpha value is -0.0800. The van der Waals surface area contributed by atoms with Gasteiger partial charge in [0.2, 0.25) is 0 Å². The van der Waals surface area contributed by atoms with Crippen LogP contribution in [0.5, 0.6) is 0 Å². The van der Waals surface area contributed by atoms with Gasteiger partial charge in [-0.3, -0.25) is 0 Å². The van der Waals surface area contributed by atoms with Crippen molar-refractivity contribution in [2.24, 2.45) is 5.41 Å². The third-order valence-electron chi connectivity index (χ3n) is 3.21. The Morgan fingerprint density at radius 3 is 2.46 bits per heavy atom. The van der Waals surface area contributed by atoms with Crippen molar-refractivity contribution in [2.75, 3.05) is 33.7 Å². The zero-order valence-electron chi connectivity index (χ0n) is 9.40. The van der Waals surface area contributed by atoms with Crippen molar-refractivity contribution in [1.82, 2.24) is 10.2 Å². The Labute approximate surface area is 82.7 Å². The van der Waals surface area contributed by atoms with Gasteiger partial charge in [-0.2, -0.15) is 0 Å². The maximum Gasteiger partial charge on any atom is 0.0104 e. The first kappa shape index (κ1) is 11.0. The molecule has 1 rings (SSSR count). The molecule has 0 aromatic heterocycles. The normalized spacial score (nSPS) is 21.2. The lowest BCUT2D eigenvalue weighted by atomic mass is 9.88. The van der Waals surface area contributed by atoms with Crippen LogP contribution in [0.25, 0.3) is 0 Å². The van der Waals surface area contributed by atoms with Crippen LogP contribution in [0.1, 0.15) is 32.6 Å². The lowest BCUT2D eigenvalue weighted by Gasteiger charge is -2.29. The predicted molar refractivity (Wildman–Crippen MR) is 58.0 cm³/mol. The summed E-state index contributed by atoms with van der Waals surface area (Å²) < 4.78 is 0. The lowest BCUT2D eigenvalue weighted by Crippen LogP contribution is -2.35. The molecular formula is C11H24N2. The van der Waals surface area contributed by atoms with E-state index in [1.54, 1.807) is 0 Å². The van der Waals surface area contributed by atoms with E-state index in [9.17, 15) is 0 Å². The molecule has 0 bridgehead atoms. The van der Waals surface area contributed by atoms with Crippen molar-refractivity contribution in [2.45, 2.75) is 32.6 Å². The molecule has 0 saturated heterocycles. The zero-order valence-corrected chi connectivity index (χ0v) is 9.40. The number of likely N-dealkylation sites (N-methyl/N-ethyl adjacent to an activating group) is 2. The summed E-state index contributed by atoms with van der Waals surface area (Å²) in [4.78, 5) is 2.46. The second-order valence-corrected chi connectivity index (χ2v) is 4.86. The molecule has 0 radical (unpaired) electrons. The number of hydrogen-bond acceptors (Lipinski definition) is 2. The van der Waals surface area contributed by atoms with Gasteiger partial charge in [-0.1, -0.05) is 19.8 Å². The third-order valence-corrected chi connectivity index (χ3v) is 3.21. The van der Waals surface area contributed by atoms with Crippen molar-refractivity contribution in [3.63, 3.8) is 0 Å². The Bertz CT molecular complexity index is 139. The van der Waals surface area contributed by atoms with Crippen LogP contribution < -0.4 is 5.32 Å². The van der Waals surface area contributed by atoms with E-state index >= 15 is 0 Å². The van der Waals surface area contributed by atoms with Crippen molar-refractivity contribution >= 4 is 0 Å². The van der Waals surface area contributed by atoms with Crippen molar-refractivity contribution in [3.05, 3.63) is 0 Å². The molecule has 0 heterocycles. The van der Waals surface area contributed by atoms with Crippen LogP contribution in [0.4, 0.5) is 0 Å². The Morgan fingerprint density at radius 1 is 1.31 bits per heavy atom. The minimum atomic E-state index is 0.614. The summed E-state index contributed by atoms with van der Waals surface area (Å²) in [5, 5.41) is 3.19. The van der Waals surface area contributed by atoms with Crippen LogP contribution in [0.2, 0.25) is 0 Å². The zero-order chi connectivity index (χ0) is 9.73. The third kappa shape index (κ3) is 3.65. The highest BCUT2D eigenvalue weighted by atomic mass is 15.1. The molecule has 0 aromatic rings. The average Bonchev–Trinajstić information content (AvgIpc) is 2.48. The smallest absolute Gasteiger partial charge is 0.0104 e. The van der Waals surface area contributed by atoms with Crippen LogP contribution in [0, 0.1) is 5.41 Å². The maximum absolute atomic E-state index is 3.19. The minimum absolute atomic E-state index is 0.614. The Kier molecular flexibility index (Phi) is 4.20. The maximum atomic E-state index is 3.19. The number of nitrogens with zero attached hydrogens (tertiary/aromatic N) is 1. The first-order valence-electron chi connectivity index (χ1n) is 5.49. The molecule has 0 aromatic carbocycles. The molecule has 13 heavy (non-hydrogen) atoms. The summed E-state index contributed by atoms with van der Waals surface area (Å²) in [5.74, 6) is 0. The molecule has 1 N–H and O–H groups in total. The molecule has 0 aliphatic heterocycles. The van der Waals surface area contributed by atoms with E-state index in [1.807, 2.05) is 7.05 Å². The van der Waals surface area contributed by atoms with Crippen LogP contribution in [0.15, 0.2) is 0 Å². The minimum Gasteiger partial charge on any atom is -0.318 e. The molecule has 0 spiro atoms. The van der Waals surface area contributed by atoms with Crippen molar-refractivity contribution < 1.29 is 0 Å². The van der Waals surface area contributed by atoms with Gasteiger partial charge in [-0.05, 0) is 32.4 Å².